The molecule has 0 amide bonds. The molecule has 2 aliphatic heterocycles. The van der Waals surface area contributed by atoms with Crippen LogP contribution in [0.3, 0.4) is 0 Å². The Kier molecular flexibility index (Phi) is 5.52. The van der Waals surface area contributed by atoms with Crippen LogP contribution in [0.1, 0.15) is 29.5 Å². The van der Waals surface area contributed by atoms with Crippen molar-refractivity contribution in [2.45, 2.75) is 25.8 Å². The zero-order valence-electron chi connectivity index (χ0n) is 17.8. The van der Waals surface area contributed by atoms with Crippen molar-refractivity contribution >= 4 is 23.7 Å². The second-order valence-electron chi connectivity index (χ2n) is 8.22. The Bertz CT molecular complexity index is 1100. The summed E-state index contributed by atoms with van der Waals surface area (Å²) in [6.45, 7) is 2.72. The largest absolute Gasteiger partial charge is 0.496 e. The summed E-state index contributed by atoms with van der Waals surface area (Å²) in [7, 11) is 1.74. The third kappa shape index (κ3) is 4.38. The summed E-state index contributed by atoms with van der Waals surface area (Å²) in [5, 5.41) is 3.42. The highest BCUT2D eigenvalue weighted by molar-refractivity contribution is 5.86. The molecule has 31 heavy (non-hydrogen) atoms. The molecule has 0 spiro atoms. The van der Waals surface area contributed by atoms with E-state index in [1.54, 1.807) is 7.11 Å². The van der Waals surface area contributed by atoms with Crippen LogP contribution < -0.4 is 15.0 Å². The van der Waals surface area contributed by atoms with Crippen LogP contribution in [0.5, 0.6) is 5.75 Å². The predicted octanol–water partition coefficient (Wildman–Crippen LogP) is 4.62. The number of methoxy groups -OCH3 is 1. The maximum absolute atomic E-state index is 5.54. The molecular weight excluding hydrogens is 386 g/mol. The first-order chi connectivity index (χ1) is 15.3. The van der Waals surface area contributed by atoms with Gasteiger partial charge >= 0.3 is 0 Å². The number of benzene rings is 2. The molecule has 0 radical (unpaired) electrons. The van der Waals surface area contributed by atoms with Gasteiger partial charge in [0, 0.05) is 31.2 Å². The van der Waals surface area contributed by atoms with E-state index in [0.717, 1.165) is 55.7 Å². The van der Waals surface area contributed by atoms with E-state index in [1.165, 1.54) is 23.1 Å². The molecule has 1 atom stereocenters. The maximum Gasteiger partial charge on any atom is 0.227 e. The summed E-state index contributed by atoms with van der Waals surface area (Å²) in [6, 6.07) is 16.6. The number of aromatic nitrogens is 2. The van der Waals surface area contributed by atoms with Crippen molar-refractivity contribution in [3.05, 3.63) is 71.4 Å². The average molecular weight is 414 g/mol. The quantitative estimate of drug-likeness (QED) is 0.639. The van der Waals surface area contributed by atoms with E-state index in [0.29, 0.717) is 5.92 Å². The van der Waals surface area contributed by atoms with Gasteiger partial charge in [0.1, 0.15) is 11.6 Å². The number of anilines is 3. The standard InChI is InChI=1S/C25H27N5O/c1-31-23-7-3-2-6-19(23)13-18-5-4-12-30(17-18)25-27-11-10-24(29-25)28-22-9-8-20-15-26-16-21(20)14-22/h2-3,6-11,14,16,18H,4-5,12-13,15,17H2,1H3,(H,27,28,29). The number of ether oxygens (including phenoxy) is 1. The fourth-order valence-corrected chi connectivity index (χ4v) is 4.49. The number of piperidine rings is 1. The van der Waals surface area contributed by atoms with Gasteiger partial charge in [0.15, 0.2) is 0 Å². The molecule has 1 aromatic heterocycles. The second kappa shape index (κ2) is 8.76. The fourth-order valence-electron chi connectivity index (χ4n) is 4.49. The second-order valence-corrected chi connectivity index (χ2v) is 8.22. The van der Waals surface area contributed by atoms with Crippen LogP contribution in [0.15, 0.2) is 59.7 Å². The normalized spacial score (nSPS) is 17.5. The lowest BCUT2D eigenvalue weighted by atomic mass is 9.91. The number of nitrogens with one attached hydrogen (secondary N) is 1. The highest BCUT2D eigenvalue weighted by Crippen LogP contribution is 2.28. The van der Waals surface area contributed by atoms with Crippen LogP contribution in [0.4, 0.5) is 17.5 Å². The van der Waals surface area contributed by atoms with E-state index in [-0.39, 0.29) is 0 Å². The van der Waals surface area contributed by atoms with Crippen molar-refractivity contribution < 1.29 is 4.74 Å². The van der Waals surface area contributed by atoms with Crippen LogP contribution in [0.2, 0.25) is 0 Å². The predicted molar refractivity (Wildman–Crippen MR) is 125 cm³/mol. The molecule has 3 heterocycles. The molecule has 0 bridgehead atoms. The average Bonchev–Trinajstić information content (AvgIpc) is 3.28. The lowest BCUT2D eigenvalue weighted by Crippen LogP contribution is -2.37. The SMILES string of the molecule is COc1ccccc1CC1CCCN(c2nccc(Nc3ccc4c(c3)C=NC4)n2)C1. The Labute approximate surface area is 183 Å². The molecule has 1 unspecified atom stereocenters. The molecule has 0 aliphatic carbocycles. The van der Waals surface area contributed by atoms with Crippen molar-refractivity contribution in [3.8, 4) is 5.75 Å². The number of rotatable bonds is 6. The lowest BCUT2D eigenvalue weighted by molar-refractivity contribution is 0.384. The summed E-state index contributed by atoms with van der Waals surface area (Å²) >= 11 is 0. The Morgan fingerprint density at radius 2 is 2.10 bits per heavy atom. The summed E-state index contributed by atoms with van der Waals surface area (Å²) in [5.41, 5.74) is 4.73. The topological polar surface area (TPSA) is 62.6 Å². The van der Waals surface area contributed by atoms with E-state index in [2.05, 4.69) is 50.5 Å². The number of para-hydroxylation sites is 1. The smallest absolute Gasteiger partial charge is 0.227 e. The van der Waals surface area contributed by atoms with Crippen molar-refractivity contribution in [1.82, 2.24) is 9.97 Å². The van der Waals surface area contributed by atoms with Gasteiger partial charge in [0.05, 0.1) is 13.7 Å². The number of nitrogens with zero attached hydrogens (tertiary/aromatic N) is 4. The third-order valence-electron chi connectivity index (χ3n) is 6.06. The molecule has 158 valence electrons. The van der Waals surface area contributed by atoms with Gasteiger partial charge in [-0.3, -0.25) is 4.99 Å². The minimum atomic E-state index is 0.557. The van der Waals surface area contributed by atoms with Gasteiger partial charge in [-0.15, -0.1) is 0 Å². The highest BCUT2D eigenvalue weighted by atomic mass is 16.5. The summed E-state index contributed by atoms with van der Waals surface area (Å²) in [6.07, 6.45) is 7.13. The molecule has 3 aromatic rings. The van der Waals surface area contributed by atoms with E-state index in [9.17, 15) is 0 Å². The van der Waals surface area contributed by atoms with E-state index >= 15 is 0 Å². The van der Waals surface area contributed by atoms with Gasteiger partial charge in [-0.1, -0.05) is 24.3 Å². The van der Waals surface area contributed by atoms with Crippen molar-refractivity contribution in [3.63, 3.8) is 0 Å². The number of hydrogen-bond donors (Lipinski definition) is 1. The number of fused-ring (bicyclic) bond motifs is 1. The summed E-state index contributed by atoms with van der Waals surface area (Å²) in [4.78, 5) is 16.0. The maximum atomic E-state index is 5.54. The Morgan fingerprint density at radius 1 is 1.16 bits per heavy atom. The Hall–Kier alpha value is -3.41. The van der Waals surface area contributed by atoms with Crippen LogP contribution in [-0.4, -0.2) is 36.4 Å². The third-order valence-corrected chi connectivity index (χ3v) is 6.06. The first kappa shape index (κ1) is 19.5. The van der Waals surface area contributed by atoms with Gasteiger partial charge < -0.3 is 15.0 Å². The molecular formula is C25H27N5O. The molecule has 5 rings (SSSR count). The number of hydrogen-bond acceptors (Lipinski definition) is 6. The summed E-state index contributed by atoms with van der Waals surface area (Å²) in [5.74, 6) is 3.13. The van der Waals surface area contributed by atoms with Gasteiger partial charge in [-0.05, 0) is 66.1 Å². The Morgan fingerprint density at radius 3 is 3.03 bits per heavy atom. The van der Waals surface area contributed by atoms with E-state index < -0.39 is 0 Å². The molecule has 2 aromatic carbocycles. The first-order valence-electron chi connectivity index (χ1n) is 10.9. The lowest BCUT2D eigenvalue weighted by Gasteiger charge is -2.33. The zero-order chi connectivity index (χ0) is 21.0. The molecule has 1 N–H and O–H groups in total. The van der Waals surface area contributed by atoms with Crippen molar-refractivity contribution in [2.75, 3.05) is 30.4 Å². The van der Waals surface area contributed by atoms with Crippen molar-refractivity contribution in [2.24, 2.45) is 10.9 Å². The highest BCUT2D eigenvalue weighted by Gasteiger charge is 2.23. The van der Waals surface area contributed by atoms with E-state index in [1.807, 2.05) is 30.6 Å². The molecule has 1 fully saturated rings. The first-order valence-corrected chi connectivity index (χ1v) is 10.9. The molecule has 6 heteroatoms. The van der Waals surface area contributed by atoms with Crippen LogP contribution in [0.25, 0.3) is 0 Å². The van der Waals surface area contributed by atoms with E-state index in [4.69, 9.17) is 9.72 Å². The van der Waals surface area contributed by atoms with Gasteiger partial charge in [-0.2, -0.15) is 4.98 Å². The van der Waals surface area contributed by atoms with Gasteiger partial charge in [-0.25, -0.2) is 4.98 Å². The zero-order valence-corrected chi connectivity index (χ0v) is 17.8. The summed E-state index contributed by atoms with van der Waals surface area (Å²) < 4.78 is 5.54. The molecule has 1 saturated heterocycles. The van der Waals surface area contributed by atoms with Crippen LogP contribution >= 0.6 is 0 Å². The fraction of sp³-hybridized carbons (Fsp3) is 0.320. The Balaban J connectivity index is 1.28. The molecule has 2 aliphatic rings. The molecule has 0 saturated carbocycles. The molecule has 6 nitrogen and oxygen atoms in total. The number of aliphatic imine (C=N–C) groups is 1. The van der Waals surface area contributed by atoms with Crippen molar-refractivity contribution in [1.29, 1.82) is 0 Å². The van der Waals surface area contributed by atoms with Crippen LogP contribution in [0, 0.1) is 5.92 Å². The minimum Gasteiger partial charge on any atom is -0.496 e. The monoisotopic (exact) mass is 413 g/mol. The van der Waals surface area contributed by atoms with Gasteiger partial charge in [0.2, 0.25) is 5.95 Å². The van der Waals surface area contributed by atoms with Crippen LogP contribution in [-0.2, 0) is 13.0 Å². The van der Waals surface area contributed by atoms with Gasteiger partial charge in [0.25, 0.3) is 0 Å². The minimum absolute atomic E-state index is 0.557.